The summed E-state index contributed by atoms with van der Waals surface area (Å²) in [5, 5.41) is 5.14. The van der Waals surface area contributed by atoms with Gasteiger partial charge in [0.15, 0.2) is 5.11 Å². The molecule has 0 saturated heterocycles. The molecule has 0 fully saturated rings. The second kappa shape index (κ2) is 7.86. The maximum atomic E-state index is 6.14. The van der Waals surface area contributed by atoms with Crippen LogP contribution in [-0.4, -0.2) is 24.2 Å². The number of nitrogens with one attached hydrogen (secondary N) is 1. The fourth-order valence-electron chi connectivity index (χ4n) is 2.09. The van der Waals surface area contributed by atoms with E-state index in [1.165, 1.54) is 0 Å². The smallest absolute Gasteiger partial charge is 0.173 e. The van der Waals surface area contributed by atoms with E-state index in [4.69, 9.17) is 40.2 Å². The van der Waals surface area contributed by atoms with Crippen molar-refractivity contribution in [3.63, 3.8) is 0 Å². The number of methoxy groups -OCH3 is 1. The van der Waals surface area contributed by atoms with Crippen LogP contribution in [0.5, 0.6) is 5.75 Å². The van der Waals surface area contributed by atoms with Crippen molar-refractivity contribution in [2.45, 2.75) is 13.5 Å². The molecule has 0 radical (unpaired) electrons. The van der Waals surface area contributed by atoms with E-state index in [1.807, 2.05) is 49.2 Å². The van der Waals surface area contributed by atoms with Gasteiger partial charge >= 0.3 is 0 Å². The number of anilines is 1. The van der Waals surface area contributed by atoms with Gasteiger partial charge in [-0.05, 0) is 55.0 Å². The van der Waals surface area contributed by atoms with Crippen molar-refractivity contribution in [3.05, 3.63) is 57.6 Å². The molecule has 0 aromatic heterocycles. The first-order chi connectivity index (χ1) is 10.9. The quantitative estimate of drug-likeness (QED) is 0.755. The monoisotopic (exact) mass is 368 g/mol. The molecular formula is C17H18Cl2N2OS. The van der Waals surface area contributed by atoms with Gasteiger partial charge in [-0.2, -0.15) is 0 Å². The van der Waals surface area contributed by atoms with Crippen LogP contribution in [0.25, 0.3) is 0 Å². The summed E-state index contributed by atoms with van der Waals surface area (Å²) in [5.74, 6) is 0.780. The average Bonchev–Trinajstić information content (AvgIpc) is 2.51. The molecule has 0 unspecified atom stereocenters. The molecule has 122 valence electrons. The Morgan fingerprint density at radius 1 is 1.22 bits per heavy atom. The number of halogens is 2. The highest BCUT2D eigenvalue weighted by atomic mass is 35.5. The zero-order chi connectivity index (χ0) is 17.0. The summed E-state index contributed by atoms with van der Waals surface area (Å²) in [6.45, 7) is 2.54. The van der Waals surface area contributed by atoms with Crippen LogP contribution < -0.4 is 10.1 Å². The minimum absolute atomic E-state index is 0.579. The molecule has 1 N–H and O–H groups in total. The summed E-state index contributed by atoms with van der Waals surface area (Å²) in [6, 6.07) is 11.3. The maximum Gasteiger partial charge on any atom is 0.173 e. The molecule has 3 nitrogen and oxygen atoms in total. The lowest BCUT2D eigenvalue weighted by molar-refractivity contribution is 0.399. The number of nitrogens with zero attached hydrogens (tertiary/aromatic N) is 1. The van der Waals surface area contributed by atoms with Crippen LogP contribution >= 0.6 is 35.4 Å². The van der Waals surface area contributed by atoms with E-state index >= 15 is 0 Å². The average molecular weight is 369 g/mol. The topological polar surface area (TPSA) is 24.5 Å². The van der Waals surface area contributed by atoms with Crippen LogP contribution in [0.3, 0.4) is 0 Å². The molecule has 0 aliphatic heterocycles. The van der Waals surface area contributed by atoms with Gasteiger partial charge in [-0.3, -0.25) is 0 Å². The van der Waals surface area contributed by atoms with Gasteiger partial charge in [0, 0.05) is 34.9 Å². The van der Waals surface area contributed by atoms with Crippen molar-refractivity contribution in [3.8, 4) is 5.75 Å². The van der Waals surface area contributed by atoms with Gasteiger partial charge in [0.2, 0.25) is 0 Å². The number of hydrogen-bond donors (Lipinski definition) is 1. The van der Waals surface area contributed by atoms with Crippen molar-refractivity contribution in [1.82, 2.24) is 4.90 Å². The fraction of sp³-hybridized carbons (Fsp3) is 0.235. The van der Waals surface area contributed by atoms with Crippen molar-refractivity contribution < 1.29 is 4.74 Å². The Morgan fingerprint density at radius 3 is 2.61 bits per heavy atom. The summed E-state index contributed by atoms with van der Waals surface area (Å²) < 4.78 is 5.36. The van der Waals surface area contributed by atoms with E-state index in [9.17, 15) is 0 Å². The lowest BCUT2D eigenvalue weighted by atomic mass is 10.2. The molecule has 0 bridgehead atoms. The molecule has 0 saturated carbocycles. The normalized spacial score (nSPS) is 10.3. The number of ether oxygens (including phenoxy) is 1. The Hall–Kier alpha value is -1.49. The van der Waals surface area contributed by atoms with Gasteiger partial charge in [-0.1, -0.05) is 29.3 Å². The predicted octanol–water partition coefficient (Wildman–Crippen LogP) is 5.14. The Morgan fingerprint density at radius 2 is 1.96 bits per heavy atom. The maximum absolute atomic E-state index is 6.14. The van der Waals surface area contributed by atoms with Crippen molar-refractivity contribution in [2.75, 3.05) is 19.5 Å². The molecule has 0 aliphatic rings. The summed E-state index contributed by atoms with van der Waals surface area (Å²) in [5.41, 5.74) is 2.85. The molecule has 0 aliphatic carbocycles. The summed E-state index contributed by atoms with van der Waals surface area (Å²) in [7, 11) is 3.54. The van der Waals surface area contributed by atoms with E-state index in [1.54, 1.807) is 13.2 Å². The molecule has 0 heterocycles. The molecule has 6 heteroatoms. The molecule has 0 amide bonds. The summed E-state index contributed by atoms with van der Waals surface area (Å²) in [4.78, 5) is 1.91. The molecule has 2 aromatic carbocycles. The second-order valence-corrected chi connectivity index (χ2v) is 6.44. The lowest BCUT2D eigenvalue weighted by Crippen LogP contribution is -2.30. The third-order valence-electron chi connectivity index (χ3n) is 3.42. The van der Waals surface area contributed by atoms with Crippen LogP contribution in [-0.2, 0) is 6.54 Å². The largest absolute Gasteiger partial charge is 0.496 e. The number of thiocarbonyl (C=S) groups is 1. The van der Waals surface area contributed by atoms with Crippen molar-refractivity contribution in [2.24, 2.45) is 0 Å². The van der Waals surface area contributed by atoms with Crippen LogP contribution in [0, 0.1) is 6.92 Å². The molecule has 23 heavy (non-hydrogen) atoms. The van der Waals surface area contributed by atoms with Crippen LogP contribution in [0.4, 0.5) is 5.69 Å². The molecule has 2 aromatic rings. The van der Waals surface area contributed by atoms with Crippen LogP contribution in [0.15, 0.2) is 36.4 Å². The zero-order valence-electron chi connectivity index (χ0n) is 13.2. The Balaban J connectivity index is 2.08. The van der Waals surface area contributed by atoms with E-state index in [2.05, 4.69) is 5.32 Å². The van der Waals surface area contributed by atoms with Gasteiger partial charge < -0.3 is 15.0 Å². The first-order valence-corrected chi connectivity index (χ1v) is 8.18. The molecule has 0 atom stereocenters. The Bertz CT molecular complexity index is 722. The summed E-state index contributed by atoms with van der Waals surface area (Å²) >= 11 is 17.6. The van der Waals surface area contributed by atoms with Gasteiger partial charge in [0.1, 0.15) is 5.75 Å². The SMILES string of the molecule is COc1ccc(Cl)cc1CN(C)C(=S)Nc1ccc(C)c(Cl)c1. The Labute approximate surface area is 152 Å². The highest BCUT2D eigenvalue weighted by molar-refractivity contribution is 7.80. The first kappa shape index (κ1) is 17.9. The van der Waals surface area contributed by atoms with Crippen molar-refractivity contribution >= 4 is 46.2 Å². The van der Waals surface area contributed by atoms with E-state index < -0.39 is 0 Å². The van der Waals surface area contributed by atoms with Gasteiger partial charge in [-0.15, -0.1) is 0 Å². The van der Waals surface area contributed by atoms with E-state index in [0.29, 0.717) is 21.7 Å². The number of aryl methyl sites for hydroxylation is 1. The second-order valence-electron chi connectivity index (χ2n) is 5.21. The predicted molar refractivity (Wildman–Crippen MR) is 102 cm³/mol. The van der Waals surface area contributed by atoms with Crippen LogP contribution in [0.1, 0.15) is 11.1 Å². The summed E-state index contributed by atoms with van der Waals surface area (Å²) in [6.07, 6.45) is 0. The van der Waals surface area contributed by atoms with Crippen LogP contribution in [0.2, 0.25) is 10.0 Å². The fourth-order valence-corrected chi connectivity index (χ4v) is 2.65. The van der Waals surface area contributed by atoms with E-state index in [-0.39, 0.29) is 0 Å². The third kappa shape index (κ3) is 4.74. The van der Waals surface area contributed by atoms with Gasteiger partial charge in [0.05, 0.1) is 7.11 Å². The highest BCUT2D eigenvalue weighted by Gasteiger charge is 2.10. The minimum atomic E-state index is 0.579. The Kier molecular flexibility index (Phi) is 6.10. The minimum Gasteiger partial charge on any atom is -0.496 e. The molecular weight excluding hydrogens is 351 g/mol. The standard InChI is InChI=1S/C17H18Cl2N2OS/c1-11-4-6-14(9-15(11)19)20-17(23)21(2)10-12-8-13(18)5-7-16(12)22-3/h4-9H,10H2,1-3H3,(H,20,23). The zero-order valence-corrected chi connectivity index (χ0v) is 15.5. The third-order valence-corrected chi connectivity index (χ3v) is 4.48. The molecule has 0 spiro atoms. The number of benzene rings is 2. The first-order valence-electron chi connectivity index (χ1n) is 7.01. The van der Waals surface area contributed by atoms with E-state index in [0.717, 1.165) is 22.6 Å². The van der Waals surface area contributed by atoms with Gasteiger partial charge in [-0.25, -0.2) is 0 Å². The highest BCUT2D eigenvalue weighted by Crippen LogP contribution is 2.24. The number of hydrogen-bond acceptors (Lipinski definition) is 2. The van der Waals surface area contributed by atoms with Gasteiger partial charge in [0.25, 0.3) is 0 Å². The lowest BCUT2D eigenvalue weighted by Gasteiger charge is -2.22. The molecule has 2 rings (SSSR count). The number of rotatable bonds is 4. The van der Waals surface area contributed by atoms with Crippen molar-refractivity contribution in [1.29, 1.82) is 0 Å².